The number of carbonyl (C=O) groups excluding carboxylic acids is 2. The molecule has 2 N–H and O–H groups in total. The number of methoxy groups -OCH3 is 1. The molecule has 1 aromatic heterocycles. The fourth-order valence-electron chi connectivity index (χ4n) is 6.09. The zero-order valence-electron chi connectivity index (χ0n) is 25.3. The third-order valence-electron chi connectivity index (χ3n) is 9.65. The van der Waals surface area contributed by atoms with Crippen LogP contribution in [0.2, 0.25) is 0 Å². The highest BCUT2D eigenvalue weighted by Gasteiger charge is 2.55. The van der Waals surface area contributed by atoms with Gasteiger partial charge in [-0.3, -0.25) is 4.79 Å². The fraction of sp³-hybridized carbons (Fsp3) is 0.500. The standard InChI is InChI=1S/C32H39BN4O5/c1-19(2)26(36-29(39)40-7)28(38)37-18-32(12-13-32)16-25(37)27-34-17-24(35-27)22-9-8-21-15-23(11-10-20(21)14-22)33-41-30(3,4)31(5,6)42-33/h8-11,14-15,17,19,25-26H,1,12-13,16,18H2,2-7H3,(H-,34,35,36,39)/p+1/t19?,25-,26-/m0/s1. The van der Waals surface area contributed by atoms with Crippen LogP contribution in [-0.2, 0) is 18.8 Å². The third kappa shape index (κ3) is 5.05. The minimum Gasteiger partial charge on any atom is -0.453 e. The van der Waals surface area contributed by atoms with Crippen molar-refractivity contribution in [3.8, 4) is 11.3 Å². The third-order valence-corrected chi connectivity index (χ3v) is 9.65. The second-order valence-electron chi connectivity index (χ2n) is 13.4. The highest BCUT2D eigenvalue weighted by Crippen LogP contribution is 2.58. The molecule has 1 aliphatic carbocycles. The zero-order valence-corrected chi connectivity index (χ0v) is 25.3. The summed E-state index contributed by atoms with van der Waals surface area (Å²) in [6, 6.07) is 11.6. The van der Waals surface area contributed by atoms with Gasteiger partial charge >= 0.3 is 13.2 Å². The number of likely N-dealkylation sites (tertiary alicyclic amines) is 1. The summed E-state index contributed by atoms with van der Waals surface area (Å²) in [5.41, 5.74) is 2.25. The van der Waals surface area contributed by atoms with Crippen molar-refractivity contribution in [3.63, 3.8) is 0 Å². The molecule has 42 heavy (non-hydrogen) atoms. The van der Waals surface area contributed by atoms with Gasteiger partial charge in [-0.1, -0.05) is 30.3 Å². The van der Waals surface area contributed by atoms with Crippen LogP contribution in [0.25, 0.3) is 22.0 Å². The second-order valence-corrected chi connectivity index (χ2v) is 13.4. The van der Waals surface area contributed by atoms with Crippen molar-refractivity contribution in [2.24, 2.45) is 11.3 Å². The molecule has 0 bridgehead atoms. The van der Waals surface area contributed by atoms with Crippen molar-refractivity contribution in [2.75, 3.05) is 13.7 Å². The molecule has 2 saturated heterocycles. The lowest BCUT2D eigenvalue weighted by atomic mass is 9.78. The number of rotatable bonds is 6. The van der Waals surface area contributed by atoms with Gasteiger partial charge in [0.2, 0.25) is 0 Å². The highest BCUT2D eigenvalue weighted by molar-refractivity contribution is 6.62. The Labute approximate surface area is 247 Å². The molecule has 3 aliphatic rings. The summed E-state index contributed by atoms with van der Waals surface area (Å²) in [7, 11) is 0.883. The first-order valence-electron chi connectivity index (χ1n) is 14.7. The zero-order chi connectivity index (χ0) is 30.0. The van der Waals surface area contributed by atoms with Gasteiger partial charge in [0.1, 0.15) is 11.7 Å². The van der Waals surface area contributed by atoms with Crippen LogP contribution in [0.4, 0.5) is 4.79 Å². The monoisotopic (exact) mass is 571 g/mol. The first-order chi connectivity index (χ1) is 19.8. The van der Waals surface area contributed by atoms with Gasteiger partial charge in [0.15, 0.2) is 6.04 Å². The van der Waals surface area contributed by atoms with E-state index in [1.54, 1.807) is 0 Å². The molecule has 2 aliphatic heterocycles. The predicted octanol–water partition coefficient (Wildman–Crippen LogP) is 4.78. The first-order valence-corrected chi connectivity index (χ1v) is 14.7. The Morgan fingerprint density at radius 3 is 2.43 bits per heavy atom. The number of benzene rings is 2. The number of aromatic nitrogens is 2. The molecule has 1 spiro atoms. The van der Waals surface area contributed by atoms with Gasteiger partial charge in [-0.25, -0.2) is 9.78 Å². The van der Waals surface area contributed by atoms with E-state index in [0.717, 1.165) is 52.6 Å². The minimum absolute atomic E-state index is 0.130. The number of hydrogen-bond acceptors (Lipinski definition) is 6. The number of ether oxygens (including phenoxy) is 1. The lowest BCUT2D eigenvalue weighted by Crippen LogP contribution is -2.51. The molecule has 2 amide bonds. The Morgan fingerprint density at radius 2 is 1.79 bits per heavy atom. The number of carbonyl (C=O) groups is 2. The smallest absolute Gasteiger partial charge is 0.453 e. The summed E-state index contributed by atoms with van der Waals surface area (Å²) in [4.78, 5) is 35.8. The first kappa shape index (κ1) is 28.6. The van der Waals surface area contributed by atoms with Crippen LogP contribution in [0.15, 0.2) is 42.6 Å². The topological polar surface area (TPSA) is 106 Å². The van der Waals surface area contributed by atoms with Crippen molar-refractivity contribution < 1.29 is 23.6 Å². The number of H-pyrrole nitrogens is 1. The Hall–Kier alpha value is -3.50. The van der Waals surface area contributed by atoms with Gasteiger partial charge in [-0.2, -0.15) is 0 Å². The maximum atomic E-state index is 13.7. The number of nitrogens with zero attached hydrogens (tertiary/aromatic N) is 2. The molecule has 9 nitrogen and oxygen atoms in total. The van der Waals surface area contributed by atoms with Crippen molar-refractivity contribution in [1.82, 2.24) is 20.2 Å². The molecule has 220 valence electrons. The number of fused-ring (bicyclic) bond motifs is 1. The van der Waals surface area contributed by atoms with E-state index in [0.29, 0.717) is 6.54 Å². The molecule has 0 radical (unpaired) electrons. The molecule has 6 rings (SSSR count). The van der Waals surface area contributed by atoms with E-state index in [4.69, 9.17) is 19.0 Å². The molecular weight excluding hydrogens is 531 g/mol. The summed E-state index contributed by atoms with van der Waals surface area (Å²) in [6.07, 6.45) is 4.23. The Morgan fingerprint density at radius 1 is 1.12 bits per heavy atom. The maximum absolute atomic E-state index is 13.7. The van der Waals surface area contributed by atoms with Crippen LogP contribution in [0.3, 0.4) is 0 Å². The number of hydrogen-bond donors (Lipinski definition) is 2. The van der Waals surface area contributed by atoms with E-state index >= 15 is 0 Å². The largest absolute Gasteiger partial charge is 0.494 e. The van der Waals surface area contributed by atoms with Crippen molar-refractivity contribution >= 4 is 35.4 Å². The van der Waals surface area contributed by atoms with E-state index in [9.17, 15) is 9.59 Å². The van der Waals surface area contributed by atoms with Crippen LogP contribution in [0, 0.1) is 18.3 Å². The van der Waals surface area contributed by atoms with E-state index < -0.39 is 30.5 Å². The molecule has 1 unspecified atom stereocenters. The van der Waals surface area contributed by atoms with E-state index in [2.05, 4.69) is 81.3 Å². The summed E-state index contributed by atoms with van der Waals surface area (Å²) in [5.74, 6) is 0.271. The van der Waals surface area contributed by atoms with Gasteiger partial charge < -0.3 is 29.2 Å². The summed E-state index contributed by atoms with van der Waals surface area (Å²) in [5, 5.41) is 4.87. The molecule has 3 aromatic rings. The molecule has 2 aromatic carbocycles. The highest BCUT2D eigenvalue weighted by atomic mass is 16.7. The average molecular weight is 572 g/mol. The van der Waals surface area contributed by atoms with Crippen molar-refractivity contribution in [2.45, 2.75) is 77.2 Å². The minimum atomic E-state index is -0.772. The molecule has 1 saturated carbocycles. The van der Waals surface area contributed by atoms with E-state index in [-0.39, 0.29) is 23.3 Å². The van der Waals surface area contributed by atoms with Crippen LogP contribution >= 0.6 is 0 Å². The Balaban J connectivity index is 1.23. The normalized spacial score (nSPS) is 23.2. The molecular formula is C32H40BN4O5+. The molecule has 3 heterocycles. The summed E-state index contributed by atoms with van der Waals surface area (Å²) >= 11 is 0. The predicted molar refractivity (Wildman–Crippen MR) is 162 cm³/mol. The lowest BCUT2D eigenvalue weighted by molar-refractivity contribution is -0.135. The number of amides is 2. The van der Waals surface area contributed by atoms with E-state index in [1.807, 2.05) is 18.0 Å². The van der Waals surface area contributed by atoms with Crippen LogP contribution in [-0.4, -0.2) is 64.9 Å². The van der Waals surface area contributed by atoms with Gasteiger partial charge in [0.25, 0.3) is 5.91 Å². The number of alkyl carbamates (subject to hydrolysis) is 1. The van der Waals surface area contributed by atoms with Crippen LogP contribution in [0.1, 0.15) is 65.7 Å². The molecule has 3 atom stereocenters. The van der Waals surface area contributed by atoms with E-state index in [1.165, 1.54) is 7.11 Å². The van der Waals surface area contributed by atoms with Crippen LogP contribution in [0.5, 0.6) is 0 Å². The Kier molecular flexibility index (Phi) is 6.85. The summed E-state index contributed by atoms with van der Waals surface area (Å²) < 4.78 is 17.3. The van der Waals surface area contributed by atoms with Gasteiger partial charge in [0, 0.05) is 12.1 Å². The van der Waals surface area contributed by atoms with Crippen molar-refractivity contribution in [1.29, 1.82) is 0 Å². The quantitative estimate of drug-likeness (QED) is 0.326. The fourth-order valence-corrected chi connectivity index (χ4v) is 6.09. The average Bonchev–Trinajstić information content (AvgIpc) is 3.26. The number of aromatic amines is 1. The number of nitrogens with one attached hydrogen (secondary N) is 2. The van der Waals surface area contributed by atoms with Gasteiger partial charge in [-0.05, 0) is 81.6 Å². The van der Waals surface area contributed by atoms with Gasteiger partial charge in [-0.15, -0.1) is 0 Å². The molecule has 3 fully saturated rings. The van der Waals surface area contributed by atoms with Crippen LogP contribution < -0.4 is 10.8 Å². The molecule has 10 heteroatoms. The van der Waals surface area contributed by atoms with Crippen molar-refractivity contribution in [3.05, 3.63) is 55.3 Å². The SMILES string of the molecule is [CH2+]C(C)[C@H](NC(=O)OC)C(=O)N1CC2(CC2)C[C@H]1c1ncc(-c2ccc3cc(B4OC(C)(C)C(C)(C)O4)ccc3c2)[nH]1. The lowest BCUT2D eigenvalue weighted by Gasteiger charge is -2.32. The second kappa shape index (κ2) is 10.1. The van der Waals surface area contributed by atoms with Gasteiger partial charge in [0.05, 0.1) is 43.2 Å². The maximum Gasteiger partial charge on any atom is 0.494 e. The Bertz CT molecular complexity index is 1510. The summed E-state index contributed by atoms with van der Waals surface area (Å²) in [6.45, 7) is 14.7. The number of imidazole rings is 1.